The van der Waals surface area contributed by atoms with Crippen molar-refractivity contribution in [3.05, 3.63) is 45.9 Å². The number of nitrogens with one attached hydrogen (secondary N) is 3. The molecule has 9 heteroatoms. The molecular weight excluding hydrogens is 365 g/mol. The van der Waals surface area contributed by atoms with Crippen LogP contribution in [0.25, 0.3) is 0 Å². The SMILES string of the molecule is CCOC(=O)C1=C(CNC(CO)c2cccc(Cl)c2F)NC(=O)NC1C. The second kappa shape index (κ2) is 8.98. The summed E-state index contributed by atoms with van der Waals surface area (Å²) >= 11 is 5.78. The molecule has 1 heterocycles. The van der Waals surface area contributed by atoms with Crippen molar-refractivity contribution in [2.45, 2.75) is 25.9 Å². The quantitative estimate of drug-likeness (QED) is 0.534. The topological polar surface area (TPSA) is 99.7 Å². The molecule has 0 saturated carbocycles. The summed E-state index contributed by atoms with van der Waals surface area (Å²) in [5, 5.41) is 17.6. The van der Waals surface area contributed by atoms with E-state index < -0.39 is 36.5 Å². The van der Waals surface area contributed by atoms with Gasteiger partial charge in [-0.2, -0.15) is 0 Å². The molecule has 1 aliphatic rings. The first kappa shape index (κ1) is 20.2. The maximum atomic E-state index is 14.2. The van der Waals surface area contributed by atoms with Gasteiger partial charge in [-0.15, -0.1) is 0 Å². The van der Waals surface area contributed by atoms with E-state index >= 15 is 0 Å². The molecule has 0 saturated heterocycles. The fourth-order valence-electron chi connectivity index (χ4n) is 2.71. The van der Waals surface area contributed by atoms with Crippen molar-refractivity contribution in [1.82, 2.24) is 16.0 Å². The van der Waals surface area contributed by atoms with Crippen LogP contribution >= 0.6 is 11.6 Å². The average Bonchev–Trinajstić information content (AvgIpc) is 2.58. The van der Waals surface area contributed by atoms with E-state index in [1.165, 1.54) is 12.1 Å². The molecule has 0 aromatic heterocycles. The summed E-state index contributed by atoms with van der Waals surface area (Å²) in [4.78, 5) is 23.9. The number of ether oxygens (including phenoxy) is 1. The number of benzene rings is 1. The van der Waals surface area contributed by atoms with Gasteiger partial charge in [0.15, 0.2) is 0 Å². The highest BCUT2D eigenvalue weighted by Crippen LogP contribution is 2.23. The van der Waals surface area contributed by atoms with E-state index in [0.29, 0.717) is 5.70 Å². The summed E-state index contributed by atoms with van der Waals surface area (Å²) in [6.45, 7) is 3.14. The van der Waals surface area contributed by atoms with E-state index in [9.17, 15) is 19.1 Å². The Balaban J connectivity index is 2.24. The highest BCUT2D eigenvalue weighted by molar-refractivity contribution is 6.30. The summed E-state index contributed by atoms with van der Waals surface area (Å²) in [6.07, 6.45) is 0. The van der Waals surface area contributed by atoms with Crippen LogP contribution in [0.2, 0.25) is 5.02 Å². The molecule has 1 aromatic rings. The zero-order valence-corrected chi connectivity index (χ0v) is 15.2. The van der Waals surface area contributed by atoms with Gasteiger partial charge in [0.05, 0.1) is 35.9 Å². The van der Waals surface area contributed by atoms with Gasteiger partial charge in [-0.1, -0.05) is 23.7 Å². The van der Waals surface area contributed by atoms with Gasteiger partial charge in [0.25, 0.3) is 0 Å². The van der Waals surface area contributed by atoms with Gasteiger partial charge in [-0.05, 0) is 19.9 Å². The lowest BCUT2D eigenvalue weighted by molar-refractivity contribution is -0.139. The molecule has 2 atom stereocenters. The number of rotatable bonds is 7. The van der Waals surface area contributed by atoms with Gasteiger partial charge in [0, 0.05) is 17.8 Å². The van der Waals surface area contributed by atoms with Gasteiger partial charge in [0.2, 0.25) is 0 Å². The van der Waals surface area contributed by atoms with Gasteiger partial charge in [-0.25, -0.2) is 14.0 Å². The zero-order chi connectivity index (χ0) is 19.3. The second-order valence-corrected chi connectivity index (χ2v) is 6.10. The molecule has 4 N–H and O–H groups in total. The summed E-state index contributed by atoms with van der Waals surface area (Å²) < 4.78 is 19.2. The molecule has 2 unspecified atom stereocenters. The fourth-order valence-corrected chi connectivity index (χ4v) is 2.89. The van der Waals surface area contributed by atoms with Crippen molar-refractivity contribution in [2.24, 2.45) is 0 Å². The molecular formula is C17H21ClFN3O4. The fraction of sp³-hybridized carbons (Fsp3) is 0.412. The number of amides is 2. The third-order valence-corrected chi connectivity index (χ3v) is 4.22. The Labute approximate surface area is 155 Å². The largest absolute Gasteiger partial charge is 0.463 e. The minimum Gasteiger partial charge on any atom is -0.463 e. The normalized spacial score (nSPS) is 18.2. The predicted molar refractivity (Wildman–Crippen MR) is 94.0 cm³/mol. The summed E-state index contributed by atoms with van der Waals surface area (Å²) in [7, 11) is 0. The Morgan fingerprint density at radius 3 is 2.88 bits per heavy atom. The minimum absolute atomic E-state index is 0.0170. The van der Waals surface area contributed by atoms with E-state index in [1.807, 2.05) is 0 Å². The summed E-state index contributed by atoms with van der Waals surface area (Å²) in [6, 6.07) is 2.70. The molecule has 0 bridgehead atoms. The first-order valence-electron chi connectivity index (χ1n) is 8.14. The van der Waals surface area contributed by atoms with Crippen LogP contribution in [0.1, 0.15) is 25.5 Å². The number of halogens is 2. The lowest BCUT2D eigenvalue weighted by Crippen LogP contribution is -2.51. The monoisotopic (exact) mass is 385 g/mol. The third kappa shape index (κ3) is 4.51. The molecule has 0 fully saturated rings. The van der Waals surface area contributed by atoms with Crippen molar-refractivity contribution in [3.63, 3.8) is 0 Å². The Morgan fingerprint density at radius 1 is 1.50 bits per heavy atom. The number of aliphatic hydroxyl groups is 1. The van der Waals surface area contributed by atoms with E-state index in [1.54, 1.807) is 19.9 Å². The number of carbonyl (C=O) groups is 2. The van der Waals surface area contributed by atoms with Crippen molar-refractivity contribution < 1.29 is 23.8 Å². The summed E-state index contributed by atoms with van der Waals surface area (Å²) in [5.74, 6) is -1.19. The number of esters is 1. The molecule has 26 heavy (non-hydrogen) atoms. The lowest BCUT2D eigenvalue weighted by Gasteiger charge is -2.28. The van der Waals surface area contributed by atoms with Crippen LogP contribution in [0.15, 0.2) is 29.5 Å². The Morgan fingerprint density at radius 2 is 2.23 bits per heavy atom. The number of carbonyl (C=O) groups excluding carboxylic acids is 2. The van der Waals surface area contributed by atoms with Crippen LogP contribution in [0, 0.1) is 5.82 Å². The Bertz CT molecular complexity index is 726. The standard InChI is InChI=1S/C17H21ClFN3O4/c1-3-26-16(24)14-9(2)21-17(25)22-12(14)7-20-13(8-23)10-5-4-6-11(18)15(10)19/h4-6,9,13,20,23H,3,7-8H2,1-2H3,(H2,21,22,25). The molecule has 2 amide bonds. The van der Waals surface area contributed by atoms with Crippen molar-refractivity contribution in [2.75, 3.05) is 19.8 Å². The predicted octanol–water partition coefficient (Wildman–Crippen LogP) is 1.62. The van der Waals surface area contributed by atoms with Crippen molar-refractivity contribution >= 4 is 23.6 Å². The first-order valence-corrected chi connectivity index (χ1v) is 8.52. The van der Waals surface area contributed by atoms with Gasteiger partial charge in [0.1, 0.15) is 5.82 Å². The van der Waals surface area contributed by atoms with E-state index in [4.69, 9.17) is 16.3 Å². The Kier molecular flexibility index (Phi) is 6.96. The molecule has 7 nitrogen and oxygen atoms in total. The molecule has 1 aliphatic heterocycles. The second-order valence-electron chi connectivity index (χ2n) is 5.69. The minimum atomic E-state index is -0.772. The van der Waals surface area contributed by atoms with Crippen LogP contribution < -0.4 is 16.0 Å². The third-order valence-electron chi connectivity index (χ3n) is 3.93. The van der Waals surface area contributed by atoms with Crippen LogP contribution in [0.5, 0.6) is 0 Å². The Hall–Kier alpha value is -2.16. The highest BCUT2D eigenvalue weighted by Gasteiger charge is 2.30. The van der Waals surface area contributed by atoms with Crippen LogP contribution in [0.4, 0.5) is 9.18 Å². The number of hydrogen-bond acceptors (Lipinski definition) is 5. The molecule has 142 valence electrons. The molecule has 1 aromatic carbocycles. The van der Waals surface area contributed by atoms with Crippen LogP contribution in [-0.2, 0) is 9.53 Å². The first-order chi connectivity index (χ1) is 12.4. The van der Waals surface area contributed by atoms with E-state index in [0.717, 1.165) is 0 Å². The van der Waals surface area contributed by atoms with Gasteiger partial charge < -0.3 is 25.8 Å². The van der Waals surface area contributed by atoms with E-state index in [2.05, 4.69) is 16.0 Å². The number of urea groups is 1. The maximum Gasteiger partial charge on any atom is 0.337 e. The number of aliphatic hydroxyl groups excluding tert-OH is 1. The average molecular weight is 386 g/mol. The summed E-state index contributed by atoms with van der Waals surface area (Å²) in [5.41, 5.74) is 0.759. The molecule has 0 spiro atoms. The van der Waals surface area contributed by atoms with Gasteiger partial charge in [-0.3, -0.25) is 0 Å². The van der Waals surface area contributed by atoms with E-state index in [-0.39, 0.29) is 29.3 Å². The van der Waals surface area contributed by atoms with Crippen LogP contribution in [0.3, 0.4) is 0 Å². The number of hydrogen-bond donors (Lipinski definition) is 4. The molecule has 2 rings (SSSR count). The van der Waals surface area contributed by atoms with Crippen molar-refractivity contribution in [3.8, 4) is 0 Å². The zero-order valence-electron chi connectivity index (χ0n) is 14.4. The smallest absolute Gasteiger partial charge is 0.337 e. The van der Waals surface area contributed by atoms with Crippen LogP contribution in [-0.4, -0.2) is 42.9 Å². The highest BCUT2D eigenvalue weighted by atomic mass is 35.5. The molecule has 0 aliphatic carbocycles. The molecule has 0 radical (unpaired) electrons. The van der Waals surface area contributed by atoms with Crippen molar-refractivity contribution in [1.29, 1.82) is 0 Å². The lowest BCUT2D eigenvalue weighted by atomic mass is 10.0. The maximum absolute atomic E-state index is 14.2. The van der Waals surface area contributed by atoms with Gasteiger partial charge >= 0.3 is 12.0 Å².